The number of ketones is 2. The number of fused-ring (bicyclic) bond motifs is 5. The quantitative estimate of drug-likeness (QED) is 0.556. The van der Waals surface area contributed by atoms with Gasteiger partial charge in [-0.1, -0.05) is 25.5 Å². The van der Waals surface area contributed by atoms with Crippen molar-refractivity contribution in [2.75, 3.05) is 0 Å². The van der Waals surface area contributed by atoms with Gasteiger partial charge in [-0.3, -0.25) is 14.4 Å². The lowest BCUT2D eigenvalue weighted by molar-refractivity contribution is -0.200. The number of carbonyl (C=O) groups excluding carboxylic acids is 3. The van der Waals surface area contributed by atoms with Crippen LogP contribution in [-0.2, 0) is 19.1 Å². The highest BCUT2D eigenvalue weighted by Gasteiger charge is 2.69. The Labute approximate surface area is 171 Å². The molecule has 3 saturated carbocycles. The van der Waals surface area contributed by atoms with Crippen LogP contribution in [0, 0.1) is 28.6 Å². The molecule has 0 aromatic rings. The number of ether oxygens (including phenoxy) is 1. The van der Waals surface area contributed by atoms with Crippen molar-refractivity contribution in [1.82, 2.24) is 0 Å². The second-order valence-corrected chi connectivity index (χ2v) is 9.76. The third-order valence-electron chi connectivity index (χ3n) is 8.63. The highest BCUT2D eigenvalue weighted by Crippen LogP contribution is 2.68. The summed E-state index contributed by atoms with van der Waals surface area (Å²) in [5.74, 6) is -0.497. The van der Waals surface area contributed by atoms with Gasteiger partial charge in [0.2, 0.25) is 12.1 Å². The van der Waals surface area contributed by atoms with Crippen molar-refractivity contribution >= 4 is 17.5 Å². The zero-order valence-electron chi connectivity index (χ0n) is 17.3. The van der Waals surface area contributed by atoms with Gasteiger partial charge >= 0.3 is 5.97 Å². The van der Waals surface area contributed by atoms with Gasteiger partial charge in [-0.2, -0.15) is 0 Å². The molecule has 29 heavy (non-hydrogen) atoms. The molecule has 6 nitrogen and oxygen atoms in total. The Hall–Kier alpha value is -1.79. The van der Waals surface area contributed by atoms with Gasteiger partial charge in [0.1, 0.15) is 0 Å². The van der Waals surface area contributed by atoms with E-state index in [0.717, 1.165) is 19.3 Å². The molecule has 0 unspecified atom stereocenters. The minimum atomic E-state index is -2.16. The number of aliphatic hydroxyl groups is 2. The number of esters is 1. The van der Waals surface area contributed by atoms with Crippen LogP contribution < -0.4 is 0 Å². The summed E-state index contributed by atoms with van der Waals surface area (Å²) in [5, 5.41) is 19.4. The highest BCUT2D eigenvalue weighted by molar-refractivity contribution is 6.01. The van der Waals surface area contributed by atoms with E-state index < -0.39 is 29.1 Å². The van der Waals surface area contributed by atoms with E-state index in [9.17, 15) is 24.6 Å². The molecular weight excluding hydrogens is 372 g/mol. The standard InChI is InChI=1S/C23H30O6/c1-13(24)29-23(19(26)20(27)28)11-8-18-16-5-4-14-12-15(25)6-9-21(14,2)17(16)7-10-22(18,23)3/h6,9,12,16-18,20,27-28H,4-5,7-8,10-11H2,1-3H3/t16-,17+,18+,21+,22+,23+/m1/s1. The molecule has 158 valence electrons. The lowest BCUT2D eigenvalue weighted by atomic mass is 9.47. The maximum atomic E-state index is 12.9. The van der Waals surface area contributed by atoms with Crippen LogP contribution in [0.2, 0.25) is 0 Å². The molecule has 0 heterocycles. The molecule has 0 aliphatic heterocycles. The number of Topliss-reactive ketones (excluding diaryl/α,β-unsaturated/α-hetero) is 1. The van der Waals surface area contributed by atoms with Gasteiger partial charge in [0.15, 0.2) is 11.4 Å². The van der Waals surface area contributed by atoms with Gasteiger partial charge < -0.3 is 14.9 Å². The van der Waals surface area contributed by atoms with E-state index >= 15 is 0 Å². The van der Waals surface area contributed by atoms with E-state index in [0.29, 0.717) is 31.1 Å². The number of carbonyl (C=O) groups is 3. The lowest BCUT2D eigenvalue weighted by Gasteiger charge is -2.58. The Balaban J connectivity index is 1.72. The Kier molecular flexibility index (Phi) is 4.67. The first-order valence-corrected chi connectivity index (χ1v) is 10.6. The van der Waals surface area contributed by atoms with Crippen LogP contribution >= 0.6 is 0 Å². The summed E-state index contributed by atoms with van der Waals surface area (Å²) in [6.07, 6.45) is 7.65. The molecule has 0 aromatic carbocycles. The van der Waals surface area contributed by atoms with E-state index in [-0.39, 0.29) is 17.1 Å². The van der Waals surface area contributed by atoms with Crippen LogP contribution in [0.1, 0.15) is 59.3 Å². The second kappa shape index (κ2) is 6.61. The van der Waals surface area contributed by atoms with E-state index in [2.05, 4.69) is 13.0 Å². The maximum Gasteiger partial charge on any atom is 0.303 e. The minimum Gasteiger partial charge on any atom is -0.450 e. The first-order chi connectivity index (χ1) is 13.5. The van der Waals surface area contributed by atoms with Crippen LogP contribution in [0.5, 0.6) is 0 Å². The molecular formula is C23H30O6. The van der Waals surface area contributed by atoms with E-state index in [1.807, 2.05) is 6.92 Å². The highest BCUT2D eigenvalue weighted by atomic mass is 16.6. The molecule has 4 aliphatic carbocycles. The zero-order chi connectivity index (χ0) is 21.2. The minimum absolute atomic E-state index is 0.0499. The smallest absolute Gasteiger partial charge is 0.303 e. The molecule has 6 atom stereocenters. The van der Waals surface area contributed by atoms with Crippen molar-refractivity contribution in [3.05, 3.63) is 23.8 Å². The lowest BCUT2D eigenvalue weighted by Crippen LogP contribution is -2.60. The molecule has 0 aromatic heterocycles. The second-order valence-electron chi connectivity index (χ2n) is 9.76. The Morgan fingerprint density at radius 2 is 1.83 bits per heavy atom. The van der Waals surface area contributed by atoms with Crippen LogP contribution in [-0.4, -0.2) is 39.6 Å². The summed E-state index contributed by atoms with van der Waals surface area (Å²) in [6.45, 7) is 5.46. The first-order valence-electron chi connectivity index (χ1n) is 10.6. The molecule has 3 fully saturated rings. The Bertz CT molecular complexity index is 825. The third kappa shape index (κ3) is 2.72. The molecule has 6 heteroatoms. The predicted octanol–water partition coefficient (Wildman–Crippen LogP) is 2.48. The number of rotatable bonds is 3. The van der Waals surface area contributed by atoms with Crippen molar-refractivity contribution < 1.29 is 29.3 Å². The molecule has 4 rings (SSSR count). The van der Waals surface area contributed by atoms with Crippen LogP contribution in [0.15, 0.2) is 23.8 Å². The van der Waals surface area contributed by atoms with Gasteiger partial charge in [0, 0.05) is 17.8 Å². The molecule has 0 bridgehead atoms. The van der Waals surface area contributed by atoms with E-state index in [4.69, 9.17) is 4.74 Å². The summed E-state index contributed by atoms with van der Waals surface area (Å²) >= 11 is 0. The Morgan fingerprint density at radius 1 is 1.14 bits per heavy atom. The van der Waals surface area contributed by atoms with Gasteiger partial charge in [-0.25, -0.2) is 0 Å². The Morgan fingerprint density at radius 3 is 2.48 bits per heavy atom. The molecule has 0 radical (unpaired) electrons. The molecule has 0 amide bonds. The van der Waals surface area contributed by atoms with Gasteiger partial charge in [0.25, 0.3) is 0 Å². The molecule has 4 aliphatic rings. The van der Waals surface area contributed by atoms with Crippen LogP contribution in [0.4, 0.5) is 0 Å². The predicted molar refractivity (Wildman–Crippen MR) is 104 cm³/mol. The van der Waals surface area contributed by atoms with E-state index in [1.165, 1.54) is 12.5 Å². The average Bonchev–Trinajstić information content (AvgIpc) is 2.94. The number of hydrogen-bond donors (Lipinski definition) is 2. The number of allylic oxidation sites excluding steroid dienone is 4. The van der Waals surface area contributed by atoms with Crippen molar-refractivity contribution in [1.29, 1.82) is 0 Å². The summed E-state index contributed by atoms with van der Waals surface area (Å²) in [4.78, 5) is 36.7. The van der Waals surface area contributed by atoms with Crippen LogP contribution in [0.25, 0.3) is 0 Å². The topological polar surface area (TPSA) is 101 Å². The fourth-order valence-electron chi connectivity index (χ4n) is 7.27. The maximum absolute atomic E-state index is 12.9. The fraction of sp³-hybridized carbons (Fsp3) is 0.696. The first kappa shape index (κ1) is 20.5. The third-order valence-corrected chi connectivity index (χ3v) is 8.63. The average molecular weight is 402 g/mol. The summed E-state index contributed by atoms with van der Waals surface area (Å²) in [6, 6.07) is 0. The van der Waals surface area contributed by atoms with Gasteiger partial charge in [-0.15, -0.1) is 0 Å². The van der Waals surface area contributed by atoms with Gasteiger partial charge in [-0.05, 0) is 68.4 Å². The molecule has 0 saturated heterocycles. The summed E-state index contributed by atoms with van der Waals surface area (Å²) < 4.78 is 5.64. The monoisotopic (exact) mass is 402 g/mol. The van der Waals surface area contributed by atoms with E-state index in [1.54, 1.807) is 12.2 Å². The molecule has 2 N–H and O–H groups in total. The summed E-state index contributed by atoms with van der Waals surface area (Å²) in [5.41, 5.74) is -1.09. The largest absolute Gasteiger partial charge is 0.450 e. The van der Waals surface area contributed by atoms with Crippen molar-refractivity contribution in [3.63, 3.8) is 0 Å². The van der Waals surface area contributed by atoms with Crippen molar-refractivity contribution in [3.8, 4) is 0 Å². The normalized spacial score (nSPS) is 43.3. The zero-order valence-corrected chi connectivity index (χ0v) is 17.3. The van der Waals surface area contributed by atoms with Crippen molar-refractivity contribution in [2.45, 2.75) is 71.2 Å². The van der Waals surface area contributed by atoms with Gasteiger partial charge in [0.05, 0.1) is 0 Å². The number of hydrogen-bond acceptors (Lipinski definition) is 6. The SMILES string of the molecule is CC(=O)O[C@]1(C(=O)C(O)O)CC[C@H]2[C@@H]3CCC4=CC(=O)C=C[C@]4(C)[C@H]3CC[C@@]21C. The van der Waals surface area contributed by atoms with Crippen molar-refractivity contribution in [2.24, 2.45) is 28.6 Å². The molecule has 0 spiro atoms. The van der Waals surface area contributed by atoms with Crippen LogP contribution in [0.3, 0.4) is 0 Å². The number of aliphatic hydroxyl groups excluding tert-OH is 1. The summed E-state index contributed by atoms with van der Waals surface area (Å²) in [7, 11) is 0. The fourth-order valence-corrected chi connectivity index (χ4v) is 7.27.